The van der Waals surface area contributed by atoms with Gasteiger partial charge < -0.3 is 5.32 Å². The smallest absolute Gasteiger partial charge is 0.241 e. The number of nitrogens with one attached hydrogen (secondary N) is 2. The molecule has 4 nitrogen and oxygen atoms in total. The Morgan fingerprint density at radius 2 is 2.10 bits per heavy atom. The third-order valence-electron chi connectivity index (χ3n) is 3.98. The fourth-order valence-electron chi connectivity index (χ4n) is 2.80. The molecule has 20 heavy (non-hydrogen) atoms. The van der Waals surface area contributed by atoms with Crippen molar-refractivity contribution in [2.75, 3.05) is 6.54 Å². The van der Waals surface area contributed by atoms with Gasteiger partial charge in [-0.05, 0) is 43.7 Å². The van der Waals surface area contributed by atoms with E-state index in [-0.39, 0.29) is 6.04 Å². The summed E-state index contributed by atoms with van der Waals surface area (Å²) >= 11 is 1.49. The van der Waals surface area contributed by atoms with Gasteiger partial charge in [0.1, 0.15) is 0 Å². The van der Waals surface area contributed by atoms with Crippen LogP contribution in [0, 0.1) is 5.92 Å². The molecule has 1 aromatic rings. The normalized spacial score (nSPS) is 18.5. The minimum absolute atomic E-state index is 0.0226. The molecule has 0 bridgehead atoms. The Bertz CT molecular complexity index is 519. The lowest BCUT2D eigenvalue weighted by Crippen LogP contribution is -2.37. The summed E-state index contributed by atoms with van der Waals surface area (Å²) in [6, 6.07) is 1.73. The van der Waals surface area contributed by atoms with E-state index in [1.807, 2.05) is 19.2 Å². The summed E-state index contributed by atoms with van der Waals surface area (Å²) in [6.07, 6.45) is 4.72. The van der Waals surface area contributed by atoms with E-state index < -0.39 is 10.0 Å². The van der Waals surface area contributed by atoms with Crippen molar-refractivity contribution in [3.05, 3.63) is 16.3 Å². The zero-order valence-electron chi connectivity index (χ0n) is 12.2. The standard InChI is InChI=1S/C14H24N2O2S2/c1-3-15-10-13-14(8-9-19-13)20(17,18)16-11(2)12-6-4-5-7-12/h8-9,11-12,15-16H,3-7,10H2,1-2H3. The van der Waals surface area contributed by atoms with Gasteiger partial charge in [-0.25, -0.2) is 13.1 Å². The van der Waals surface area contributed by atoms with E-state index in [0.29, 0.717) is 17.4 Å². The highest BCUT2D eigenvalue weighted by Crippen LogP contribution is 2.29. The Kier molecular flexibility index (Phi) is 5.60. The maximum absolute atomic E-state index is 12.5. The maximum Gasteiger partial charge on any atom is 0.241 e. The molecule has 2 N–H and O–H groups in total. The number of rotatable bonds is 7. The molecule has 1 unspecified atom stereocenters. The molecule has 0 aliphatic heterocycles. The first-order valence-electron chi connectivity index (χ1n) is 7.34. The average Bonchev–Trinajstić information content (AvgIpc) is 3.07. The minimum atomic E-state index is -3.39. The molecule has 1 saturated carbocycles. The van der Waals surface area contributed by atoms with Crippen molar-refractivity contribution in [2.45, 2.75) is 57.0 Å². The first-order valence-corrected chi connectivity index (χ1v) is 9.70. The number of hydrogen-bond acceptors (Lipinski definition) is 4. The molecule has 0 spiro atoms. The van der Waals surface area contributed by atoms with Crippen LogP contribution in [0.2, 0.25) is 0 Å². The highest BCUT2D eigenvalue weighted by molar-refractivity contribution is 7.89. The van der Waals surface area contributed by atoms with Crippen molar-refractivity contribution in [2.24, 2.45) is 5.92 Å². The molecule has 1 aliphatic rings. The van der Waals surface area contributed by atoms with Crippen LogP contribution in [0.25, 0.3) is 0 Å². The molecular weight excluding hydrogens is 292 g/mol. The zero-order chi connectivity index (χ0) is 14.6. The minimum Gasteiger partial charge on any atom is -0.312 e. The lowest BCUT2D eigenvalue weighted by molar-refractivity contribution is 0.424. The second-order valence-corrected chi connectivity index (χ2v) is 8.13. The van der Waals surface area contributed by atoms with Gasteiger partial charge in [-0.2, -0.15) is 0 Å². The Morgan fingerprint density at radius 1 is 1.40 bits per heavy atom. The predicted molar refractivity (Wildman–Crippen MR) is 83.4 cm³/mol. The molecule has 1 atom stereocenters. The van der Waals surface area contributed by atoms with Crippen molar-refractivity contribution < 1.29 is 8.42 Å². The first-order chi connectivity index (χ1) is 9.54. The van der Waals surface area contributed by atoms with Crippen LogP contribution in [0.5, 0.6) is 0 Å². The molecule has 0 radical (unpaired) electrons. The van der Waals surface area contributed by atoms with Gasteiger partial charge in [0.25, 0.3) is 0 Å². The lowest BCUT2D eigenvalue weighted by atomic mass is 10.0. The molecule has 0 saturated heterocycles. The Hall–Kier alpha value is -0.430. The molecule has 0 aromatic carbocycles. The van der Waals surface area contributed by atoms with Gasteiger partial charge in [0, 0.05) is 17.5 Å². The van der Waals surface area contributed by atoms with Crippen LogP contribution in [-0.2, 0) is 16.6 Å². The van der Waals surface area contributed by atoms with E-state index in [1.165, 1.54) is 24.2 Å². The Balaban J connectivity index is 2.07. The number of hydrogen-bond donors (Lipinski definition) is 2. The quantitative estimate of drug-likeness (QED) is 0.813. The van der Waals surface area contributed by atoms with Gasteiger partial charge in [0.15, 0.2) is 0 Å². The highest BCUT2D eigenvalue weighted by Gasteiger charge is 2.27. The second kappa shape index (κ2) is 7.02. The van der Waals surface area contributed by atoms with Crippen LogP contribution in [0.1, 0.15) is 44.4 Å². The highest BCUT2D eigenvalue weighted by atomic mass is 32.2. The van der Waals surface area contributed by atoms with Gasteiger partial charge in [-0.3, -0.25) is 0 Å². The Morgan fingerprint density at radius 3 is 2.75 bits per heavy atom. The van der Waals surface area contributed by atoms with Crippen molar-refractivity contribution in [1.82, 2.24) is 10.0 Å². The van der Waals surface area contributed by atoms with Crippen molar-refractivity contribution in [3.8, 4) is 0 Å². The van der Waals surface area contributed by atoms with E-state index in [1.54, 1.807) is 6.07 Å². The SMILES string of the molecule is CCNCc1sccc1S(=O)(=O)NC(C)C1CCCC1. The van der Waals surface area contributed by atoms with Crippen LogP contribution >= 0.6 is 11.3 Å². The molecule has 114 valence electrons. The summed E-state index contributed by atoms with van der Waals surface area (Å²) in [5.41, 5.74) is 0. The van der Waals surface area contributed by atoms with Gasteiger partial charge in [-0.15, -0.1) is 11.3 Å². The van der Waals surface area contributed by atoms with Crippen LogP contribution in [0.4, 0.5) is 0 Å². The first kappa shape index (κ1) is 15.9. The monoisotopic (exact) mass is 316 g/mol. The number of sulfonamides is 1. The second-order valence-electron chi connectivity index (χ2n) is 5.44. The summed E-state index contributed by atoms with van der Waals surface area (Å²) in [6.45, 7) is 5.46. The predicted octanol–water partition coefficient (Wildman–Crippen LogP) is 2.71. The summed E-state index contributed by atoms with van der Waals surface area (Å²) in [7, 11) is -3.39. The molecule has 1 aromatic heterocycles. The molecule has 2 rings (SSSR count). The molecule has 1 heterocycles. The van der Waals surface area contributed by atoms with Crippen molar-refractivity contribution in [3.63, 3.8) is 0 Å². The molecular formula is C14H24N2O2S2. The fraction of sp³-hybridized carbons (Fsp3) is 0.714. The summed E-state index contributed by atoms with van der Waals surface area (Å²) in [4.78, 5) is 1.33. The van der Waals surface area contributed by atoms with E-state index >= 15 is 0 Å². The maximum atomic E-state index is 12.5. The van der Waals surface area contributed by atoms with Gasteiger partial charge in [0.2, 0.25) is 10.0 Å². The fourth-order valence-corrected chi connectivity index (χ4v) is 5.52. The van der Waals surface area contributed by atoms with Crippen LogP contribution in [0.15, 0.2) is 16.3 Å². The van der Waals surface area contributed by atoms with Gasteiger partial charge in [0.05, 0.1) is 4.90 Å². The molecule has 1 fully saturated rings. The zero-order valence-corrected chi connectivity index (χ0v) is 13.8. The van der Waals surface area contributed by atoms with Crippen molar-refractivity contribution in [1.29, 1.82) is 0 Å². The van der Waals surface area contributed by atoms with Crippen LogP contribution in [0.3, 0.4) is 0 Å². The van der Waals surface area contributed by atoms with E-state index in [4.69, 9.17) is 0 Å². The molecule has 0 amide bonds. The summed E-state index contributed by atoms with van der Waals surface area (Å²) in [5, 5.41) is 5.04. The largest absolute Gasteiger partial charge is 0.312 e. The van der Waals surface area contributed by atoms with Crippen LogP contribution in [-0.4, -0.2) is 21.0 Å². The van der Waals surface area contributed by atoms with Crippen LogP contribution < -0.4 is 10.0 Å². The topological polar surface area (TPSA) is 58.2 Å². The lowest BCUT2D eigenvalue weighted by Gasteiger charge is -2.20. The summed E-state index contributed by atoms with van der Waals surface area (Å²) < 4.78 is 27.9. The average molecular weight is 316 g/mol. The van der Waals surface area contributed by atoms with Gasteiger partial charge in [-0.1, -0.05) is 19.8 Å². The third-order valence-corrected chi connectivity index (χ3v) is 6.67. The van der Waals surface area contributed by atoms with Crippen molar-refractivity contribution >= 4 is 21.4 Å². The van der Waals surface area contributed by atoms with E-state index in [9.17, 15) is 8.42 Å². The van der Waals surface area contributed by atoms with Gasteiger partial charge >= 0.3 is 0 Å². The third kappa shape index (κ3) is 3.81. The molecule has 6 heteroatoms. The Labute approximate surface area is 126 Å². The van der Waals surface area contributed by atoms with E-state index in [2.05, 4.69) is 10.0 Å². The van der Waals surface area contributed by atoms with E-state index in [0.717, 1.165) is 24.3 Å². The summed E-state index contributed by atoms with van der Waals surface area (Å²) in [5.74, 6) is 0.487. The number of thiophene rings is 1. The molecule has 1 aliphatic carbocycles.